The van der Waals surface area contributed by atoms with Gasteiger partial charge in [0, 0.05) is 12.3 Å². The third-order valence-corrected chi connectivity index (χ3v) is 3.84. The van der Waals surface area contributed by atoms with E-state index in [4.69, 9.17) is 5.11 Å². The third-order valence-electron chi connectivity index (χ3n) is 3.13. The molecule has 7 heteroatoms. The molecule has 1 unspecified atom stereocenters. The van der Waals surface area contributed by atoms with Crippen LogP contribution in [0.25, 0.3) is 0 Å². The van der Waals surface area contributed by atoms with Gasteiger partial charge in [-0.3, -0.25) is 9.69 Å². The highest BCUT2D eigenvalue weighted by Gasteiger charge is 2.41. The largest absolute Gasteiger partial charge is 0.480 e. The van der Waals surface area contributed by atoms with Crippen LogP contribution in [0.4, 0.5) is 13.2 Å². The first-order valence-corrected chi connectivity index (χ1v) is 6.43. The van der Waals surface area contributed by atoms with Crippen molar-refractivity contribution in [1.29, 1.82) is 0 Å². The molecule has 1 N–H and O–H groups in total. The zero-order chi connectivity index (χ0) is 13.1. The molecule has 17 heavy (non-hydrogen) atoms. The number of carboxylic acids is 1. The van der Waals surface area contributed by atoms with Crippen molar-refractivity contribution in [1.82, 2.24) is 4.90 Å². The van der Waals surface area contributed by atoms with Gasteiger partial charge in [-0.25, -0.2) is 0 Å². The summed E-state index contributed by atoms with van der Waals surface area (Å²) in [6.07, 6.45) is 2.16. The second-order valence-corrected chi connectivity index (χ2v) is 5.48. The number of aliphatic carboxylic acids is 1. The van der Waals surface area contributed by atoms with E-state index >= 15 is 0 Å². The number of rotatable bonds is 4. The Labute approximate surface area is 102 Å². The van der Waals surface area contributed by atoms with Crippen LogP contribution in [0.1, 0.15) is 26.2 Å². The van der Waals surface area contributed by atoms with E-state index in [9.17, 15) is 18.0 Å². The molecule has 0 saturated carbocycles. The van der Waals surface area contributed by atoms with Crippen LogP contribution in [0.3, 0.4) is 0 Å². The zero-order valence-electron chi connectivity index (χ0n) is 9.59. The van der Waals surface area contributed by atoms with E-state index in [2.05, 4.69) is 0 Å². The van der Waals surface area contributed by atoms with Gasteiger partial charge in [-0.05, 0) is 44.5 Å². The fourth-order valence-corrected chi connectivity index (χ4v) is 2.59. The van der Waals surface area contributed by atoms with Crippen molar-refractivity contribution in [2.24, 2.45) is 0 Å². The summed E-state index contributed by atoms with van der Waals surface area (Å²) >= 11 is -0.0949. The first kappa shape index (κ1) is 14.6. The van der Waals surface area contributed by atoms with Crippen molar-refractivity contribution >= 4 is 17.7 Å². The number of thioether (sulfide) groups is 1. The number of likely N-dealkylation sites (tertiary alicyclic amines) is 1. The molecule has 100 valence electrons. The zero-order valence-corrected chi connectivity index (χ0v) is 10.4. The van der Waals surface area contributed by atoms with E-state index < -0.39 is 17.0 Å². The highest BCUT2D eigenvalue weighted by molar-refractivity contribution is 8.00. The van der Waals surface area contributed by atoms with Crippen molar-refractivity contribution in [3.63, 3.8) is 0 Å². The van der Waals surface area contributed by atoms with E-state index in [1.807, 2.05) is 0 Å². The van der Waals surface area contributed by atoms with Crippen LogP contribution in [0.2, 0.25) is 0 Å². The van der Waals surface area contributed by atoms with Gasteiger partial charge < -0.3 is 5.11 Å². The van der Waals surface area contributed by atoms with Crippen LogP contribution < -0.4 is 0 Å². The van der Waals surface area contributed by atoms with Gasteiger partial charge in [0.25, 0.3) is 0 Å². The highest BCUT2D eigenvalue weighted by atomic mass is 32.2. The van der Waals surface area contributed by atoms with E-state index in [1.54, 1.807) is 11.8 Å². The van der Waals surface area contributed by atoms with Crippen LogP contribution in [0, 0.1) is 0 Å². The van der Waals surface area contributed by atoms with E-state index in [1.165, 1.54) is 0 Å². The Bertz CT molecular complexity index is 285. The number of hydrogen-bond donors (Lipinski definition) is 1. The molecule has 3 nitrogen and oxygen atoms in total. The maximum absolute atomic E-state index is 12.0. The maximum Gasteiger partial charge on any atom is 0.441 e. The molecule has 1 aliphatic rings. The number of piperidine rings is 1. The van der Waals surface area contributed by atoms with Gasteiger partial charge in [0.05, 0.1) is 0 Å². The monoisotopic (exact) mass is 271 g/mol. The lowest BCUT2D eigenvalue weighted by Crippen LogP contribution is -2.55. The predicted molar refractivity (Wildman–Crippen MR) is 60.0 cm³/mol. The maximum atomic E-state index is 12.0. The average Bonchev–Trinajstić information content (AvgIpc) is 2.19. The van der Waals surface area contributed by atoms with Crippen LogP contribution in [-0.4, -0.2) is 45.9 Å². The molecule has 1 atom stereocenters. The number of alkyl halides is 3. The van der Waals surface area contributed by atoms with E-state index in [-0.39, 0.29) is 24.1 Å². The number of hydrogen-bond acceptors (Lipinski definition) is 3. The molecular weight excluding hydrogens is 255 g/mol. The molecule has 0 radical (unpaired) electrons. The molecule has 1 heterocycles. The van der Waals surface area contributed by atoms with Crippen molar-refractivity contribution in [2.45, 2.75) is 37.2 Å². The summed E-state index contributed by atoms with van der Waals surface area (Å²) in [5, 5.41) is 9.16. The van der Waals surface area contributed by atoms with Gasteiger partial charge in [-0.2, -0.15) is 13.2 Å². The standard InChI is InChI=1S/C10H16F3NO2S/c1-9(8(15)16)4-2-3-5-14(9)6-7-17-10(11,12)13/h2-7H2,1H3,(H,15,16). The van der Waals surface area contributed by atoms with Gasteiger partial charge in [-0.15, -0.1) is 0 Å². The average molecular weight is 271 g/mol. The number of halogens is 3. The Morgan fingerprint density at radius 2 is 2.12 bits per heavy atom. The summed E-state index contributed by atoms with van der Waals surface area (Å²) in [6, 6.07) is 0. The fraction of sp³-hybridized carbons (Fsp3) is 0.900. The molecule has 1 fully saturated rings. The molecule has 0 aromatic carbocycles. The van der Waals surface area contributed by atoms with E-state index in [0.29, 0.717) is 13.0 Å². The fourth-order valence-electron chi connectivity index (χ4n) is 2.05. The quantitative estimate of drug-likeness (QED) is 0.853. The summed E-state index contributed by atoms with van der Waals surface area (Å²) in [7, 11) is 0. The van der Waals surface area contributed by atoms with Crippen molar-refractivity contribution in [3.8, 4) is 0 Å². The Morgan fingerprint density at radius 3 is 2.65 bits per heavy atom. The molecule has 0 spiro atoms. The summed E-state index contributed by atoms with van der Waals surface area (Å²) in [4.78, 5) is 12.8. The van der Waals surface area contributed by atoms with Crippen molar-refractivity contribution in [3.05, 3.63) is 0 Å². The number of carbonyl (C=O) groups is 1. The predicted octanol–water partition coefficient (Wildman–Crippen LogP) is 2.57. The molecule has 0 aromatic heterocycles. The molecular formula is C10H16F3NO2S. The highest BCUT2D eigenvalue weighted by Crippen LogP contribution is 2.32. The third kappa shape index (κ3) is 4.06. The van der Waals surface area contributed by atoms with Crippen LogP contribution in [-0.2, 0) is 4.79 Å². The van der Waals surface area contributed by atoms with Crippen LogP contribution >= 0.6 is 11.8 Å². The minimum absolute atomic E-state index is 0.0949. The summed E-state index contributed by atoms with van der Waals surface area (Å²) in [5.41, 5.74) is -5.25. The smallest absolute Gasteiger partial charge is 0.441 e. The molecule has 1 aliphatic heterocycles. The Morgan fingerprint density at radius 1 is 1.47 bits per heavy atom. The van der Waals surface area contributed by atoms with Gasteiger partial charge in [-0.1, -0.05) is 0 Å². The summed E-state index contributed by atoms with van der Waals surface area (Å²) in [5.74, 6) is -1.07. The van der Waals surface area contributed by atoms with Gasteiger partial charge in [0.1, 0.15) is 5.54 Å². The normalized spacial score (nSPS) is 27.1. The molecule has 0 amide bonds. The second-order valence-electron chi connectivity index (χ2n) is 4.32. The summed E-state index contributed by atoms with van der Waals surface area (Å²) < 4.78 is 36.0. The minimum atomic E-state index is -4.24. The molecule has 0 bridgehead atoms. The topological polar surface area (TPSA) is 40.5 Å². The molecule has 0 aromatic rings. The Balaban J connectivity index is 2.52. The summed E-state index contributed by atoms with van der Waals surface area (Å²) in [6.45, 7) is 2.31. The Hall–Kier alpha value is -0.430. The van der Waals surface area contributed by atoms with Gasteiger partial charge >= 0.3 is 11.5 Å². The SMILES string of the molecule is CC1(C(=O)O)CCCCN1CCSC(F)(F)F. The first-order chi connectivity index (χ1) is 7.76. The molecule has 0 aliphatic carbocycles. The van der Waals surface area contributed by atoms with E-state index in [0.717, 1.165) is 12.8 Å². The van der Waals surface area contributed by atoms with Crippen molar-refractivity contribution in [2.75, 3.05) is 18.8 Å². The lowest BCUT2D eigenvalue weighted by molar-refractivity contribution is -0.152. The first-order valence-electron chi connectivity index (χ1n) is 5.45. The van der Waals surface area contributed by atoms with Crippen LogP contribution in [0.15, 0.2) is 0 Å². The van der Waals surface area contributed by atoms with Crippen molar-refractivity contribution < 1.29 is 23.1 Å². The van der Waals surface area contributed by atoms with Crippen LogP contribution in [0.5, 0.6) is 0 Å². The number of carboxylic acid groups (broad SMARTS) is 1. The lowest BCUT2D eigenvalue weighted by Gasteiger charge is -2.41. The molecule has 1 saturated heterocycles. The minimum Gasteiger partial charge on any atom is -0.480 e. The number of nitrogens with zero attached hydrogens (tertiary/aromatic N) is 1. The molecule has 1 rings (SSSR count). The van der Waals surface area contributed by atoms with Gasteiger partial charge in [0.2, 0.25) is 0 Å². The van der Waals surface area contributed by atoms with Gasteiger partial charge in [0.15, 0.2) is 0 Å². The lowest BCUT2D eigenvalue weighted by atomic mass is 9.88. The second kappa shape index (κ2) is 5.48. The Kier molecular flexibility index (Phi) is 4.71.